The molecule has 0 saturated heterocycles. The number of anilines is 1. The molecule has 0 atom stereocenters. The molecule has 1 aromatic heterocycles. The number of rotatable bonds is 8. The molecular weight excluding hydrogens is 366 g/mol. The van der Waals surface area contributed by atoms with Crippen LogP contribution in [0.25, 0.3) is 11.3 Å². The predicted octanol–water partition coefficient (Wildman–Crippen LogP) is 3.88. The minimum atomic E-state index is -0.0898. The molecule has 0 aliphatic heterocycles. The van der Waals surface area contributed by atoms with Crippen LogP contribution in [0.4, 0.5) is 5.69 Å². The molecule has 6 nitrogen and oxygen atoms in total. The quantitative estimate of drug-likeness (QED) is 0.630. The van der Waals surface area contributed by atoms with Gasteiger partial charge in [-0.25, -0.2) is 0 Å². The number of aromatic nitrogens is 1. The maximum atomic E-state index is 12.8. The summed E-state index contributed by atoms with van der Waals surface area (Å²) in [6.07, 6.45) is 1.68. The number of pyridine rings is 1. The predicted molar refractivity (Wildman–Crippen MR) is 114 cm³/mol. The number of nitrogens with zero attached hydrogens (tertiary/aromatic N) is 2. The zero-order valence-electron chi connectivity index (χ0n) is 16.7. The van der Waals surface area contributed by atoms with Crippen LogP contribution in [0.2, 0.25) is 0 Å². The van der Waals surface area contributed by atoms with Crippen LogP contribution in [0.3, 0.4) is 0 Å². The summed E-state index contributed by atoms with van der Waals surface area (Å²) in [4.78, 5) is 18.7. The summed E-state index contributed by atoms with van der Waals surface area (Å²) in [5.41, 5.74) is 8.64. The molecule has 2 aromatic carbocycles. The van der Waals surface area contributed by atoms with Gasteiger partial charge in [0.1, 0.15) is 18.1 Å². The van der Waals surface area contributed by atoms with Crippen molar-refractivity contribution in [2.75, 3.05) is 32.5 Å². The van der Waals surface area contributed by atoms with Gasteiger partial charge < -0.3 is 20.1 Å². The summed E-state index contributed by atoms with van der Waals surface area (Å²) < 4.78 is 11.2. The lowest BCUT2D eigenvalue weighted by Gasteiger charge is -2.18. The van der Waals surface area contributed by atoms with E-state index in [2.05, 4.69) is 4.98 Å². The Hall–Kier alpha value is -3.54. The van der Waals surface area contributed by atoms with Crippen molar-refractivity contribution in [3.8, 4) is 22.8 Å². The number of benzene rings is 2. The first-order valence-corrected chi connectivity index (χ1v) is 9.50. The van der Waals surface area contributed by atoms with E-state index >= 15 is 0 Å². The summed E-state index contributed by atoms with van der Waals surface area (Å²) in [5, 5.41) is 0. The molecule has 3 rings (SSSR count). The molecule has 2 N–H and O–H groups in total. The lowest BCUT2D eigenvalue weighted by Crippen LogP contribution is -2.30. The summed E-state index contributed by atoms with van der Waals surface area (Å²) in [5.74, 6) is 1.39. The van der Waals surface area contributed by atoms with Gasteiger partial charge in [0, 0.05) is 30.4 Å². The molecule has 0 unspecified atom stereocenters. The van der Waals surface area contributed by atoms with Gasteiger partial charge >= 0.3 is 0 Å². The second-order valence-corrected chi connectivity index (χ2v) is 6.51. The van der Waals surface area contributed by atoms with Crippen LogP contribution >= 0.6 is 0 Å². The van der Waals surface area contributed by atoms with E-state index < -0.39 is 0 Å². The molecular formula is C23H25N3O3. The molecule has 0 saturated carbocycles. The van der Waals surface area contributed by atoms with Crippen LogP contribution in [0, 0.1) is 0 Å². The van der Waals surface area contributed by atoms with Crippen molar-refractivity contribution in [2.45, 2.75) is 6.92 Å². The SMILES string of the molecule is CCOc1cccc(OCCN(C)C(=O)c2cccc(-c3ncccc3N)c2)c1. The topological polar surface area (TPSA) is 77.7 Å². The van der Waals surface area contributed by atoms with E-state index in [9.17, 15) is 4.79 Å². The number of nitrogen functional groups attached to an aromatic ring is 1. The Morgan fingerprint density at radius 2 is 1.79 bits per heavy atom. The zero-order chi connectivity index (χ0) is 20.6. The minimum Gasteiger partial charge on any atom is -0.494 e. The van der Waals surface area contributed by atoms with Crippen molar-refractivity contribution in [1.29, 1.82) is 0 Å². The number of likely N-dealkylation sites (N-methyl/N-ethyl adjacent to an activating group) is 1. The zero-order valence-corrected chi connectivity index (χ0v) is 16.7. The first-order chi connectivity index (χ1) is 14.1. The van der Waals surface area contributed by atoms with E-state index in [1.807, 2.05) is 49.4 Å². The maximum absolute atomic E-state index is 12.8. The lowest BCUT2D eigenvalue weighted by molar-refractivity contribution is 0.0773. The van der Waals surface area contributed by atoms with E-state index in [0.29, 0.717) is 42.5 Å². The highest BCUT2D eigenvalue weighted by Gasteiger charge is 2.13. The third-order valence-electron chi connectivity index (χ3n) is 4.38. The third kappa shape index (κ3) is 5.25. The van der Waals surface area contributed by atoms with Gasteiger partial charge in [-0.1, -0.05) is 18.2 Å². The molecule has 0 fully saturated rings. The molecule has 0 radical (unpaired) electrons. The molecule has 29 heavy (non-hydrogen) atoms. The van der Waals surface area contributed by atoms with E-state index in [-0.39, 0.29) is 5.91 Å². The summed E-state index contributed by atoms with van der Waals surface area (Å²) in [7, 11) is 1.75. The molecule has 3 aromatic rings. The smallest absolute Gasteiger partial charge is 0.253 e. The van der Waals surface area contributed by atoms with E-state index in [1.165, 1.54) is 0 Å². The normalized spacial score (nSPS) is 10.4. The Bertz CT molecular complexity index is 975. The fourth-order valence-corrected chi connectivity index (χ4v) is 2.90. The number of carbonyl (C=O) groups is 1. The van der Waals surface area contributed by atoms with Crippen LogP contribution in [0.1, 0.15) is 17.3 Å². The van der Waals surface area contributed by atoms with E-state index in [4.69, 9.17) is 15.2 Å². The average molecular weight is 391 g/mol. The van der Waals surface area contributed by atoms with Gasteiger partial charge in [0.15, 0.2) is 0 Å². The monoisotopic (exact) mass is 391 g/mol. The van der Waals surface area contributed by atoms with Crippen molar-refractivity contribution in [2.24, 2.45) is 0 Å². The van der Waals surface area contributed by atoms with E-state index in [0.717, 1.165) is 11.3 Å². The minimum absolute atomic E-state index is 0.0898. The Morgan fingerprint density at radius 1 is 1.03 bits per heavy atom. The van der Waals surface area contributed by atoms with Gasteiger partial charge in [0.25, 0.3) is 5.91 Å². The highest BCUT2D eigenvalue weighted by atomic mass is 16.5. The second-order valence-electron chi connectivity index (χ2n) is 6.51. The van der Waals surface area contributed by atoms with Crippen molar-refractivity contribution in [3.63, 3.8) is 0 Å². The third-order valence-corrected chi connectivity index (χ3v) is 4.38. The molecule has 1 heterocycles. The standard InChI is InChI=1S/C23H25N3O3/c1-3-28-19-9-5-10-20(16-19)29-14-13-26(2)23(27)18-8-4-7-17(15-18)22-21(24)11-6-12-25-22/h4-12,15-16H,3,13-14,24H2,1-2H3. The molecule has 0 aliphatic carbocycles. The molecule has 6 heteroatoms. The molecule has 1 amide bonds. The fourth-order valence-electron chi connectivity index (χ4n) is 2.90. The Balaban J connectivity index is 1.61. The Morgan fingerprint density at radius 3 is 2.55 bits per heavy atom. The molecule has 0 aliphatic rings. The lowest BCUT2D eigenvalue weighted by atomic mass is 10.1. The van der Waals surface area contributed by atoms with Crippen LogP contribution in [-0.4, -0.2) is 42.6 Å². The van der Waals surface area contributed by atoms with Gasteiger partial charge in [0.05, 0.1) is 24.5 Å². The first kappa shape index (κ1) is 20.2. The van der Waals surface area contributed by atoms with Crippen molar-refractivity contribution >= 4 is 11.6 Å². The number of hydrogen-bond donors (Lipinski definition) is 1. The fraction of sp³-hybridized carbons (Fsp3) is 0.217. The van der Waals surface area contributed by atoms with Gasteiger partial charge in [-0.15, -0.1) is 0 Å². The number of nitrogens with two attached hydrogens (primary N) is 1. The van der Waals surface area contributed by atoms with Gasteiger partial charge in [0.2, 0.25) is 0 Å². The molecule has 0 spiro atoms. The van der Waals surface area contributed by atoms with E-state index in [1.54, 1.807) is 36.3 Å². The van der Waals surface area contributed by atoms with Gasteiger partial charge in [-0.05, 0) is 43.3 Å². The van der Waals surface area contributed by atoms with Crippen LogP contribution in [-0.2, 0) is 0 Å². The van der Waals surface area contributed by atoms with Gasteiger partial charge in [-0.3, -0.25) is 9.78 Å². The highest BCUT2D eigenvalue weighted by Crippen LogP contribution is 2.24. The Labute approximate surface area is 170 Å². The van der Waals surface area contributed by atoms with Crippen LogP contribution in [0.5, 0.6) is 11.5 Å². The van der Waals surface area contributed by atoms with Crippen molar-refractivity contribution < 1.29 is 14.3 Å². The van der Waals surface area contributed by atoms with Crippen LogP contribution < -0.4 is 15.2 Å². The highest BCUT2D eigenvalue weighted by molar-refractivity contribution is 5.95. The van der Waals surface area contributed by atoms with Crippen molar-refractivity contribution in [1.82, 2.24) is 9.88 Å². The van der Waals surface area contributed by atoms with Crippen LogP contribution in [0.15, 0.2) is 66.9 Å². The number of amides is 1. The maximum Gasteiger partial charge on any atom is 0.253 e. The number of ether oxygens (including phenoxy) is 2. The summed E-state index contributed by atoms with van der Waals surface area (Å²) in [6.45, 7) is 3.37. The second kappa shape index (κ2) is 9.59. The molecule has 150 valence electrons. The largest absolute Gasteiger partial charge is 0.494 e. The van der Waals surface area contributed by atoms with Crippen molar-refractivity contribution in [3.05, 3.63) is 72.4 Å². The van der Waals surface area contributed by atoms with Gasteiger partial charge in [-0.2, -0.15) is 0 Å². The summed E-state index contributed by atoms with van der Waals surface area (Å²) in [6, 6.07) is 18.4. The average Bonchev–Trinajstić information content (AvgIpc) is 2.74. The first-order valence-electron chi connectivity index (χ1n) is 9.50. The number of carbonyl (C=O) groups excluding carboxylic acids is 1. The summed E-state index contributed by atoms with van der Waals surface area (Å²) >= 11 is 0. The molecule has 0 bridgehead atoms. The number of hydrogen-bond acceptors (Lipinski definition) is 5. The Kier molecular flexibility index (Phi) is 6.68.